The number of amides is 1. The smallest absolute Gasteiger partial charge is 0.255 e. The number of likely N-dealkylation sites (tertiary alicyclic amines) is 1. The first-order chi connectivity index (χ1) is 11.3. The molecule has 5 nitrogen and oxygen atoms in total. The number of carbonyl (C=O) groups is 1. The highest BCUT2D eigenvalue weighted by Gasteiger charge is 2.24. The van der Waals surface area contributed by atoms with Gasteiger partial charge < -0.3 is 14.5 Å². The molecule has 23 heavy (non-hydrogen) atoms. The molecular weight excluding hydrogens is 292 g/mol. The third-order valence-corrected chi connectivity index (χ3v) is 4.23. The van der Waals surface area contributed by atoms with Crippen molar-refractivity contribution in [2.45, 2.75) is 13.0 Å². The van der Waals surface area contributed by atoms with Crippen LogP contribution in [0, 0.1) is 5.92 Å². The van der Waals surface area contributed by atoms with E-state index in [-0.39, 0.29) is 5.91 Å². The lowest BCUT2D eigenvalue weighted by Gasteiger charge is -2.15. The summed E-state index contributed by atoms with van der Waals surface area (Å²) >= 11 is 0. The topological polar surface area (TPSA) is 54.7 Å². The van der Waals surface area contributed by atoms with Crippen molar-refractivity contribution in [3.05, 3.63) is 54.0 Å². The standard InChI is InChI=1S/C18H22N2O3/c1-22-17-7-3-2-6-16(17)18(21)19-11-14-8-9-20(12-14)13-15-5-4-10-23-15/h2-7,10,14H,8-9,11-13H2,1H3,(H,19,21). The highest BCUT2D eigenvalue weighted by atomic mass is 16.5. The van der Waals surface area contributed by atoms with E-state index in [1.165, 1.54) is 0 Å². The van der Waals surface area contributed by atoms with Gasteiger partial charge in [0, 0.05) is 13.1 Å². The Morgan fingerprint density at radius 1 is 1.35 bits per heavy atom. The lowest BCUT2D eigenvalue weighted by molar-refractivity contribution is 0.0944. The fourth-order valence-electron chi connectivity index (χ4n) is 3.01. The zero-order chi connectivity index (χ0) is 16.1. The van der Waals surface area contributed by atoms with Crippen LogP contribution < -0.4 is 10.1 Å². The van der Waals surface area contributed by atoms with Gasteiger partial charge in [0.1, 0.15) is 11.5 Å². The number of rotatable bonds is 6. The van der Waals surface area contributed by atoms with Gasteiger partial charge >= 0.3 is 0 Å². The van der Waals surface area contributed by atoms with Crippen molar-refractivity contribution in [3.63, 3.8) is 0 Å². The summed E-state index contributed by atoms with van der Waals surface area (Å²) in [5.74, 6) is 2.00. The van der Waals surface area contributed by atoms with Crippen molar-refractivity contribution in [2.75, 3.05) is 26.7 Å². The predicted molar refractivity (Wildman–Crippen MR) is 87.4 cm³/mol. The molecule has 3 rings (SSSR count). The Hall–Kier alpha value is -2.27. The highest BCUT2D eigenvalue weighted by molar-refractivity contribution is 5.96. The second-order valence-corrected chi connectivity index (χ2v) is 5.88. The quantitative estimate of drug-likeness (QED) is 0.890. The van der Waals surface area contributed by atoms with Crippen LogP contribution in [0.2, 0.25) is 0 Å². The molecule has 1 fully saturated rings. The summed E-state index contributed by atoms with van der Waals surface area (Å²) in [7, 11) is 1.58. The summed E-state index contributed by atoms with van der Waals surface area (Å²) < 4.78 is 10.6. The van der Waals surface area contributed by atoms with E-state index in [0.717, 1.165) is 31.8 Å². The Kier molecular flexibility index (Phi) is 4.98. The molecule has 0 spiro atoms. The molecule has 2 aromatic rings. The molecule has 1 unspecified atom stereocenters. The SMILES string of the molecule is COc1ccccc1C(=O)NCC1CCN(Cc2ccco2)C1. The molecule has 1 aliphatic heterocycles. The molecule has 1 atom stereocenters. The summed E-state index contributed by atoms with van der Waals surface area (Å²) in [6.07, 6.45) is 2.79. The molecule has 1 amide bonds. The van der Waals surface area contributed by atoms with Gasteiger partial charge in [0.2, 0.25) is 0 Å². The van der Waals surface area contributed by atoms with E-state index >= 15 is 0 Å². The van der Waals surface area contributed by atoms with E-state index in [9.17, 15) is 4.79 Å². The molecule has 1 aliphatic rings. The van der Waals surface area contributed by atoms with Gasteiger partial charge in [-0.2, -0.15) is 0 Å². The number of hydrogen-bond acceptors (Lipinski definition) is 4. The molecule has 122 valence electrons. The highest BCUT2D eigenvalue weighted by Crippen LogP contribution is 2.20. The largest absolute Gasteiger partial charge is 0.496 e. The number of nitrogens with zero attached hydrogens (tertiary/aromatic N) is 1. The van der Waals surface area contributed by atoms with Crippen LogP contribution in [0.4, 0.5) is 0 Å². The molecule has 1 aromatic heterocycles. The zero-order valence-corrected chi connectivity index (χ0v) is 13.3. The second kappa shape index (κ2) is 7.33. The summed E-state index contributed by atoms with van der Waals surface area (Å²) in [6.45, 7) is 3.54. The fraction of sp³-hybridized carbons (Fsp3) is 0.389. The van der Waals surface area contributed by atoms with Gasteiger partial charge in [-0.05, 0) is 43.1 Å². The van der Waals surface area contributed by atoms with Crippen molar-refractivity contribution >= 4 is 5.91 Å². The summed E-state index contributed by atoms with van der Waals surface area (Å²) in [4.78, 5) is 14.7. The van der Waals surface area contributed by atoms with Gasteiger partial charge in [-0.15, -0.1) is 0 Å². The van der Waals surface area contributed by atoms with Crippen molar-refractivity contribution < 1.29 is 13.9 Å². The van der Waals surface area contributed by atoms with Crippen LogP contribution in [0.1, 0.15) is 22.5 Å². The van der Waals surface area contributed by atoms with Gasteiger partial charge in [-0.25, -0.2) is 0 Å². The molecule has 5 heteroatoms. The Balaban J connectivity index is 1.48. The number of hydrogen-bond donors (Lipinski definition) is 1. The number of furan rings is 1. The molecule has 1 aromatic carbocycles. The van der Waals surface area contributed by atoms with E-state index < -0.39 is 0 Å². The number of ether oxygens (including phenoxy) is 1. The van der Waals surface area contributed by atoms with Gasteiger partial charge in [-0.3, -0.25) is 9.69 Å². The van der Waals surface area contributed by atoms with Crippen LogP contribution in [0.15, 0.2) is 47.1 Å². The Labute approximate surface area is 136 Å². The number of carbonyl (C=O) groups excluding carboxylic acids is 1. The number of para-hydroxylation sites is 1. The minimum atomic E-state index is -0.0769. The summed E-state index contributed by atoms with van der Waals surface area (Å²) in [6, 6.07) is 11.2. The maximum atomic E-state index is 12.3. The van der Waals surface area contributed by atoms with E-state index in [1.807, 2.05) is 24.3 Å². The molecule has 0 bridgehead atoms. The fourth-order valence-corrected chi connectivity index (χ4v) is 3.01. The summed E-state index contributed by atoms with van der Waals surface area (Å²) in [5.41, 5.74) is 0.584. The van der Waals surface area contributed by atoms with Crippen molar-refractivity contribution in [1.29, 1.82) is 0 Å². The first-order valence-corrected chi connectivity index (χ1v) is 7.92. The van der Waals surface area contributed by atoms with E-state index in [1.54, 1.807) is 25.5 Å². The Bertz CT molecular complexity index is 639. The van der Waals surface area contributed by atoms with E-state index in [4.69, 9.17) is 9.15 Å². The van der Waals surface area contributed by atoms with E-state index in [0.29, 0.717) is 23.8 Å². The van der Waals surface area contributed by atoms with E-state index in [2.05, 4.69) is 10.2 Å². The lowest BCUT2D eigenvalue weighted by Crippen LogP contribution is -2.31. The molecule has 0 aliphatic carbocycles. The van der Waals surface area contributed by atoms with Gasteiger partial charge in [0.05, 0.1) is 25.5 Å². The van der Waals surface area contributed by atoms with Crippen molar-refractivity contribution in [1.82, 2.24) is 10.2 Å². The molecule has 0 saturated carbocycles. The normalized spacial score (nSPS) is 18.0. The van der Waals surface area contributed by atoms with Crippen LogP contribution in [-0.4, -0.2) is 37.6 Å². The lowest BCUT2D eigenvalue weighted by atomic mass is 10.1. The maximum Gasteiger partial charge on any atom is 0.255 e. The number of benzene rings is 1. The first-order valence-electron chi connectivity index (χ1n) is 7.92. The van der Waals surface area contributed by atoms with Crippen LogP contribution in [0.5, 0.6) is 5.75 Å². The first kappa shape index (κ1) is 15.6. The van der Waals surface area contributed by atoms with Crippen LogP contribution in [-0.2, 0) is 6.54 Å². The van der Waals surface area contributed by atoms with Crippen LogP contribution in [0.3, 0.4) is 0 Å². The Morgan fingerprint density at radius 3 is 3.00 bits per heavy atom. The predicted octanol–water partition coefficient (Wildman–Crippen LogP) is 2.54. The van der Waals surface area contributed by atoms with Gasteiger partial charge in [0.15, 0.2) is 0 Å². The second-order valence-electron chi connectivity index (χ2n) is 5.88. The average Bonchev–Trinajstić information content (AvgIpc) is 3.25. The molecule has 2 heterocycles. The Morgan fingerprint density at radius 2 is 2.22 bits per heavy atom. The molecular formula is C18H22N2O3. The van der Waals surface area contributed by atoms with Crippen molar-refractivity contribution in [3.8, 4) is 5.75 Å². The monoisotopic (exact) mass is 314 g/mol. The maximum absolute atomic E-state index is 12.3. The third-order valence-electron chi connectivity index (χ3n) is 4.23. The summed E-state index contributed by atoms with van der Waals surface area (Å²) in [5, 5.41) is 3.03. The van der Waals surface area contributed by atoms with Crippen LogP contribution in [0.25, 0.3) is 0 Å². The zero-order valence-electron chi connectivity index (χ0n) is 13.3. The molecule has 1 saturated heterocycles. The average molecular weight is 314 g/mol. The molecule has 0 radical (unpaired) electrons. The number of methoxy groups -OCH3 is 1. The van der Waals surface area contributed by atoms with Gasteiger partial charge in [0.25, 0.3) is 5.91 Å². The minimum absolute atomic E-state index is 0.0769. The number of nitrogens with one attached hydrogen (secondary N) is 1. The minimum Gasteiger partial charge on any atom is -0.496 e. The van der Waals surface area contributed by atoms with Gasteiger partial charge in [-0.1, -0.05) is 12.1 Å². The van der Waals surface area contributed by atoms with Crippen LogP contribution >= 0.6 is 0 Å². The van der Waals surface area contributed by atoms with Crippen molar-refractivity contribution in [2.24, 2.45) is 5.92 Å². The molecule has 1 N–H and O–H groups in total. The third kappa shape index (κ3) is 3.93.